The molecule has 0 bridgehead atoms. The maximum Gasteiger partial charge on any atom is 0.0897 e. The Bertz CT molecular complexity index is 547. The molecule has 2 atom stereocenters. The molecule has 5 heteroatoms. The molecule has 2 aromatic rings. The molecule has 0 saturated heterocycles. The van der Waals surface area contributed by atoms with Crippen LogP contribution in [0.1, 0.15) is 40.5 Å². The van der Waals surface area contributed by atoms with Crippen LogP contribution in [0.2, 0.25) is 0 Å². The van der Waals surface area contributed by atoms with Gasteiger partial charge in [0.15, 0.2) is 0 Å². The maximum atomic E-state index is 6.38. The third kappa shape index (κ3) is 3.47. The Morgan fingerprint density at radius 1 is 1.35 bits per heavy atom. The SMILES string of the molecule is CCC(N)C(c1sccc1C)N(C)Cc1csc(C)n1. The van der Waals surface area contributed by atoms with Gasteiger partial charge >= 0.3 is 0 Å². The van der Waals surface area contributed by atoms with E-state index in [-0.39, 0.29) is 12.1 Å². The highest BCUT2D eigenvalue weighted by molar-refractivity contribution is 7.10. The largest absolute Gasteiger partial charge is 0.326 e. The molecule has 2 N–H and O–H groups in total. The van der Waals surface area contributed by atoms with E-state index in [0.29, 0.717) is 0 Å². The molecule has 2 unspecified atom stereocenters. The third-order valence-corrected chi connectivity index (χ3v) is 5.51. The Morgan fingerprint density at radius 3 is 2.60 bits per heavy atom. The fourth-order valence-corrected chi connectivity index (χ4v) is 4.24. The minimum Gasteiger partial charge on any atom is -0.326 e. The first-order chi connectivity index (χ1) is 9.52. The number of nitrogens with two attached hydrogens (primary N) is 1. The van der Waals surface area contributed by atoms with E-state index in [0.717, 1.165) is 23.7 Å². The highest BCUT2D eigenvalue weighted by Crippen LogP contribution is 2.32. The molecule has 0 aliphatic rings. The molecule has 0 spiro atoms. The summed E-state index contributed by atoms with van der Waals surface area (Å²) in [6, 6.07) is 2.59. The molecule has 0 saturated carbocycles. The van der Waals surface area contributed by atoms with Crippen molar-refractivity contribution in [3.8, 4) is 0 Å². The minimum atomic E-state index is 0.150. The van der Waals surface area contributed by atoms with Gasteiger partial charge in [-0.2, -0.15) is 0 Å². The molecule has 0 fully saturated rings. The summed E-state index contributed by atoms with van der Waals surface area (Å²) in [5, 5.41) is 5.42. The van der Waals surface area contributed by atoms with E-state index in [9.17, 15) is 0 Å². The van der Waals surface area contributed by atoms with Gasteiger partial charge in [-0.05, 0) is 44.3 Å². The van der Waals surface area contributed by atoms with E-state index in [2.05, 4.69) is 47.6 Å². The average molecular weight is 310 g/mol. The van der Waals surface area contributed by atoms with Crippen molar-refractivity contribution in [1.29, 1.82) is 0 Å². The summed E-state index contributed by atoms with van der Waals surface area (Å²) in [4.78, 5) is 8.28. The molecule has 110 valence electrons. The lowest BCUT2D eigenvalue weighted by Crippen LogP contribution is -2.38. The van der Waals surface area contributed by atoms with Crippen LogP contribution in [-0.4, -0.2) is 23.0 Å². The predicted octanol–water partition coefficient (Wildman–Crippen LogP) is 3.73. The van der Waals surface area contributed by atoms with Gasteiger partial charge in [0, 0.05) is 22.8 Å². The van der Waals surface area contributed by atoms with E-state index < -0.39 is 0 Å². The van der Waals surface area contributed by atoms with Crippen LogP contribution >= 0.6 is 22.7 Å². The van der Waals surface area contributed by atoms with Crippen LogP contribution in [0.3, 0.4) is 0 Å². The highest BCUT2D eigenvalue weighted by atomic mass is 32.1. The van der Waals surface area contributed by atoms with E-state index in [1.165, 1.54) is 10.4 Å². The van der Waals surface area contributed by atoms with Gasteiger partial charge in [0.05, 0.1) is 16.7 Å². The topological polar surface area (TPSA) is 42.1 Å². The summed E-state index contributed by atoms with van der Waals surface area (Å²) in [7, 11) is 2.15. The first-order valence-electron chi connectivity index (χ1n) is 6.93. The lowest BCUT2D eigenvalue weighted by atomic mass is 10.0. The summed E-state index contributed by atoms with van der Waals surface area (Å²) in [5.74, 6) is 0. The van der Waals surface area contributed by atoms with Crippen molar-refractivity contribution in [2.75, 3.05) is 7.05 Å². The molecule has 0 aromatic carbocycles. The van der Waals surface area contributed by atoms with E-state index >= 15 is 0 Å². The van der Waals surface area contributed by atoms with Crippen molar-refractivity contribution in [1.82, 2.24) is 9.88 Å². The fraction of sp³-hybridized carbons (Fsp3) is 0.533. The molecule has 0 amide bonds. The Kier molecular flexibility index (Phi) is 5.32. The van der Waals surface area contributed by atoms with Gasteiger partial charge in [0.1, 0.15) is 0 Å². The molecular weight excluding hydrogens is 286 g/mol. The number of thiophene rings is 1. The zero-order valence-electron chi connectivity index (χ0n) is 12.6. The van der Waals surface area contributed by atoms with Gasteiger partial charge in [-0.1, -0.05) is 6.92 Å². The second-order valence-electron chi connectivity index (χ2n) is 5.26. The number of aromatic nitrogens is 1. The number of hydrogen-bond donors (Lipinski definition) is 1. The summed E-state index contributed by atoms with van der Waals surface area (Å²) in [6.07, 6.45) is 0.975. The van der Waals surface area contributed by atoms with Gasteiger partial charge in [-0.15, -0.1) is 22.7 Å². The zero-order chi connectivity index (χ0) is 14.7. The standard InChI is InChI=1S/C15H23N3S2/c1-5-13(16)14(15-10(2)6-7-19-15)18(4)8-12-9-20-11(3)17-12/h6-7,9,13-14H,5,8,16H2,1-4H3. The Morgan fingerprint density at radius 2 is 2.10 bits per heavy atom. The zero-order valence-corrected chi connectivity index (χ0v) is 14.2. The number of nitrogens with zero attached hydrogens (tertiary/aromatic N) is 2. The van der Waals surface area contributed by atoms with Gasteiger partial charge < -0.3 is 5.73 Å². The molecule has 3 nitrogen and oxygen atoms in total. The molecular formula is C15H23N3S2. The molecule has 0 aliphatic heterocycles. The van der Waals surface area contributed by atoms with Gasteiger partial charge in [0.25, 0.3) is 0 Å². The van der Waals surface area contributed by atoms with Crippen LogP contribution < -0.4 is 5.73 Å². The summed E-state index contributed by atoms with van der Waals surface area (Å²) < 4.78 is 0. The molecule has 2 heterocycles. The Balaban J connectivity index is 2.20. The monoisotopic (exact) mass is 309 g/mol. The Hall–Kier alpha value is -0.750. The van der Waals surface area contributed by atoms with Gasteiger partial charge in [-0.3, -0.25) is 4.90 Å². The van der Waals surface area contributed by atoms with Crippen molar-refractivity contribution in [3.05, 3.63) is 38.0 Å². The van der Waals surface area contributed by atoms with Crippen LogP contribution in [0.4, 0.5) is 0 Å². The number of thiazole rings is 1. The first kappa shape index (κ1) is 15.6. The average Bonchev–Trinajstić information content (AvgIpc) is 2.99. The van der Waals surface area contributed by atoms with Gasteiger partial charge in [-0.25, -0.2) is 4.98 Å². The van der Waals surface area contributed by atoms with Crippen molar-refractivity contribution in [2.45, 2.75) is 45.8 Å². The predicted molar refractivity (Wildman–Crippen MR) is 88.4 cm³/mol. The normalized spacial score (nSPS) is 14.7. The summed E-state index contributed by atoms with van der Waals surface area (Å²) >= 11 is 3.51. The quantitative estimate of drug-likeness (QED) is 0.884. The van der Waals surface area contributed by atoms with Crippen LogP contribution in [-0.2, 0) is 6.54 Å². The molecule has 2 aromatic heterocycles. The van der Waals surface area contributed by atoms with E-state index in [1.807, 2.05) is 6.92 Å². The van der Waals surface area contributed by atoms with Crippen molar-refractivity contribution >= 4 is 22.7 Å². The minimum absolute atomic E-state index is 0.150. The Labute approximate surface area is 129 Å². The first-order valence-corrected chi connectivity index (χ1v) is 8.69. The van der Waals surface area contributed by atoms with Crippen LogP contribution in [0, 0.1) is 13.8 Å². The third-order valence-electron chi connectivity index (χ3n) is 3.60. The lowest BCUT2D eigenvalue weighted by molar-refractivity contribution is 0.202. The number of aryl methyl sites for hydroxylation is 2. The van der Waals surface area contributed by atoms with Crippen LogP contribution in [0.25, 0.3) is 0 Å². The number of hydrogen-bond acceptors (Lipinski definition) is 5. The van der Waals surface area contributed by atoms with Crippen LogP contribution in [0.15, 0.2) is 16.8 Å². The molecule has 0 radical (unpaired) electrons. The molecule has 0 aliphatic carbocycles. The fourth-order valence-electron chi connectivity index (χ4n) is 2.47. The second-order valence-corrected chi connectivity index (χ2v) is 7.27. The van der Waals surface area contributed by atoms with Crippen LogP contribution in [0.5, 0.6) is 0 Å². The van der Waals surface area contributed by atoms with E-state index in [1.54, 1.807) is 22.7 Å². The van der Waals surface area contributed by atoms with Crippen molar-refractivity contribution in [3.63, 3.8) is 0 Å². The molecule has 2 rings (SSSR count). The van der Waals surface area contributed by atoms with Crippen molar-refractivity contribution in [2.24, 2.45) is 5.73 Å². The smallest absolute Gasteiger partial charge is 0.0897 e. The lowest BCUT2D eigenvalue weighted by Gasteiger charge is -2.32. The number of rotatable bonds is 6. The molecule has 20 heavy (non-hydrogen) atoms. The van der Waals surface area contributed by atoms with E-state index in [4.69, 9.17) is 5.73 Å². The summed E-state index contributed by atoms with van der Waals surface area (Å²) in [6.45, 7) is 7.22. The number of likely N-dealkylation sites (N-methyl/N-ethyl adjacent to an activating group) is 1. The van der Waals surface area contributed by atoms with Crippen molar-refractivity contribution < 1.29 is 0 Å². The highest BCUT2D eigenvalue weighted by Gasteiger charge is 2.26. The summed E-state index contributed by atoms with van der Waals surface area (Å²) in [5.41, 5.74) is 8.86. The second kappa shape index (κ2) is 6.80. The maximum absolute atomic E-state index is 6.38. The van der Waals surface area contributed by atoms with Gasteiger partial charge in [0.2, 0.25) is 0 Å².